The molecule has 0 aliphatic rings. The van der Waals surface area contributed by atoms with Gasteiger partial charge in [0.1, 0.15) is 0 Å². The number of amides is 1. The van der Waals surface area contributed by atoms with Gasteiger partial charge in [-0.15, -0.1) is 11.8 Å². The molecule has 0 unspecified atom stereocenters. The van der Waals surface area contributed by atoms with Crippen LogP contribution in [-0.2, 0) is 11.3 Å². The lowest BCUT2D eigenvalue weighted by atomic mass is 10.2. The molecule has 3 N–H and O–H groups in total. The lowest BCUT2D eigenvalue weighted by Crippen LogP contribution is -2.24. The fraction of sp³-hybridized carbons (Fsp3) is 0.462. The first kappa shape index (κ1) is 14.1. The monoisotopic (exact) mass is 252 g/mol. The van der Waals surface area contributed by atoms with Crippen LogP contribution >= 0.6 is 11.8 Å². The molecule has 0 atom stereocenters. The number of rotatable bonds is 6. The molecule has 1 aromatic carbocycles. The average molecular weight is 252 g/mol. The Bertz CT molecular complexity index is 349. The Balaban J connectivity index is 2.42. The molecule has 0 spiro atoms. The highest BCUT2D eigenvalue weighted by Gasteiger charge is 2.01. The van der Waals surface area contributed by atoms with Gasteiger partial charge in [0.05, 0.1) is 0 Å². The summed E-state index contributed by atoms with van der Waals surface area (Å²) in [5, 5.41) is 3.42. The summed E-state index contributed by atoms with van der Waals surface area (Å²) in [4.78, 5) is 12.5. The van der Waals surface area contributed by atoms with Gasteiger partial charge in [0.15, 0.2) is 0 Å². The zero-order valence-electron chi connectivity index (χ0n) is 10.4. The van der Waals surface area contributed by atoms with Crippen molar-refractivity contribution >= 4 is 17.7 Å². The Morgan fingerprint density at radius 3 is 2.53 bits per heavy atom. The van der Waals surface area contributed by atoms with Gasteiger partial charge in [-0.1, -0.05) is 26.0 Å². The van der Waals surface area contributed by atoms with Crippen LogP contribution in [0.4, 0.5) is 0 Å². The van der Waals surface area contributed by atoms with Crippen molar-refractivity contribution in [2.24, 2.45) is 5.73 Å². The van der Waals surface area contributed by atoms with E-state index >= 15 is 0 Å². The second kappa shape index (κ2) is 7.35. The molecule has 0 fully saturated rings. The number of carbonyl (C=O) groups excluding carboxylic acids is 1. The lowest BCUT2D eigenvalue weighted by Gasteiger charge is -2.07. The zero-order chi connectivity index (χ0) is 12.7. The van der Waals surface area contributed by atoms with E-state index in [4.69, 9.17) is 5.73 Å². The van der Waals surface area contributed by atoms with Gasteiger partial charge in [-0.05, 0) is 17.7 Å². The summed E-state index contributed by atoms with van der Waals surface area (Å²) in [6, 6.07) is 8.28. The van der Waals surface area contributed by atoms with E-state index in [0.717, 1.165) is 5.56 Å². The molecule has 0 saturated heterocycles. The van der Waals surface area contributed by atoms with Crippen LogP contribution in [0.15, 0.2) is 29.2 Å². The number of nitrogens with two attached hydrogens (primary N) is 1. The molecule has 1 aromatic rings. The Morgan fingerprint density at radius 1 is 1.35 bits per heavy atom. The smallest absolute Gasteiger partial charge is 0.221 e. The van der Waals surface area contributed by atoms with Crippen LogP contribution < -0.4 is 11.1 Å². The van der Waals surface area contributed by atoms with Crippen molar-refractivity contribution in [3.63, 3.8) is 0 Å². The maximum Gasteiger partial charge on any atom is 0.221 e. The van der Waals surface area contributed by atoms with Crippen molar-refractivity contribution in [3.05, 3.63) is 29.8 Å². The first-order valence-corrected chi connectivity index (χ1v) is 6.72. The van der Waals surface area contributed by atoms with E-state index < -0.39 is 0 Å². The molecule has 0 saturated carbocycles. The molecular formula is C13H20N2OS. The summed E-state index contributed by atoms with van der Waals surface area (Å²) in [6.07, 6.45) is 0.390. The van der Waals surface area contributed by atoms with Crippen molar-refractivity contribution in [1.29, 1.82) is 0 Å². The number of carbonyl (C=O) groups is 1. The van der Waals surface area contributed by atoms with Crippen LogP contribution in [-0.4, -0.2) is 17.7 Å². The molecular weight excluding hydrogens is 232 g/mol. The molecule has 17 heavy (non-hydrogen) atoms. The number of hydrogen-bond donors (Lipinski definition) is 2. The van der Waals surface area contributed by atoms with Crippen LogP contribution in [0.5, 0.6) is 0 Å². The molecule has 4 heteroatoms. The minimum atomic E-state index is 0.00753. The summed E-state index contributed by atoms with van der Waals surface area (Å²) in [7, 11) is 0. The van der Waals surface area contributed by atoms with E-state index in [1.165, 1.54) is 4.90 Å². The van der Waals surface area contributed by atoms with Gasteiger partial charge in [-0.25, -0.2) is 0 Å². The van der Waals surface area contributed by atoms with Crippen LogP contribution in [0.1, 0.15) is 25.8 Å². The largest absolute Gasteiger partial charge is 0.352 e. The van der Waals surface area contributed by atoms with Crippen LogP contribution in [0, 0.1) is 0 Å². The lowest BCUT2D eigenvalue weighted by molar-refractivity contribution is -0.121. The van der Waals surface area contributed by atoms with Crippen molar-refractivity contribution in [2.75, 3.05) is 6.54 Å². The van der Waals surface area contributed by atoms with Gasteiger partial charge >= 0.3 is 0 Å². The summed E-state index contributed by atoms with van der Waals surface area (Å²) in [5.74, 6) is 0.00753. The second-order valence-corrected chi connectivity index (χ2v) is 5.78. The minimum Gasteiger partial charge on any atom is -0.352 e. The third-order valence-electron chi connectivity index (χ3n) is 2.16. The highest BCUT2D eigenvalue weighted by Crippen LogP contribution is 2.22. The molecule has 3 nitrogen and oxygen atoms in total. The molecule has 0 aliphatic heterocycles. The molecule has 0 radical (unpaired) electrons. The molecule has 0 aliphatic carbocycles. The van der Waals surface area contributed by atoms with Crippen molar-refractivity contribution < 1.29 is 4.79 Å². The number of nitrogens with one attached hydrogen (secondary N) is 1. The molecule has 94 valence electrons. The van der Waals surface area contributed by atoms with Crippen molar-refractivity contribution in [2.45, 2.75) is 37.0 Å². The van der Waals surface area contributed by atoms with Gasteiger partial charge in [0.25, 0.3) is 0 Å². The van der Waals surface area contributed by atoms with Gasteiger partial charge < -0.3 is 11.1 Å². The zero-order valence-corrected chi connectivity index (χ0v) is 11.2. The van der Waals surface area contributed by atoms with E-state index in [-0.39, 0.29) is 5.91 Å². The maximum atomic E-state index is 11.2. The second-order valence-electron chi connectivity index (χ2n) is 4.13. The van der Waals surface area contributed by atoms with Gasteiger partial charge in [-0.3, -0.25) is 4.79 Å². The van der Waals surface area contributed by atoms with E-state index in [9.17, 15) is 4.79 Å². The predicted molar refractivity (Wildman–Crippen MR) is 73.0 cm³/mol. The normalized spacial score (nSPS) is 10.6. The highest BCUT2D eigenvalue weighted by molar-refractivity contribution is 7.99. The predicted octanol–water partition coefficient (Wildman–Crippen LogP) is 2.15. The Labute approximate surface area is 107 Å². The van der Waals surface area contributed by atoms with Crippen LogP contribution in [0.2, 0.25) is 0 Å². The fourth-order valence-corrected chi connectivity index (χ4v) is 2.22. The standard InChI is InChI=1S/C13H20N2OS/c1-10(2)17-12-5-3-11(4-6-12)9-15-13(16)7-8-14/h3-6,10H,7-9,14H2,1-2H3,(H,15,16). The Kier molecular flexibility index (Phi) is 6.08. The van der Waals surface area contributed by atoms with E-state index in [1.54, 1.807) is 0 Å². The summed E-state index contributed by atoms with van der Waals surface area (Å²) < 4.78 is 0. The van der Waals surface area contributed by atoms with Crippen LogP contribution in [0.25, 0.3) is 0 Å². The third-order valence-corrected chi connectivity index (χ3v) is 3.17. The first-order valence-electron chi connectivity index (χ1n) is 5.84. The van der Waals surface area contributed by atoms with E-state index in [1.807, 2.05) is 23.9 Å². The number of thioether (sulfide) groups is 1. The Morgan fingerprint density at radius 2 is 2.00 bits per heavy atom. The van der Waals surface area contributed by atoms with Crippen molar-refractivity contribution in [1.82, 2.24) is 5.32 Å². The summed E-state index contributed by atoms with van der Waals surface area (Å²) in [5.41, 5.74) is 6.42. The summed E-state index contributed by atoms with van der Waals surface area (Å²) in [6.45, 7) is 5.32. The van der Waals surface area contributed by atoms with E-state index in [2.05, 4.69) is 31.3 Å². The van der Waals surface area contributed by atoms with E-state index in [0.29, 0.717) is 24.8 Å². The molecule has 0 heterocycles. The number of benzene rings is 1. The number of hydrogen-bond acceptors (Lipinski definition) is 3. The van der Waals surface area contributed by atoms with Gasteiger partial charge in [-0.2, -0.15) is 0 Å². The summed E-state index contributed by atoms with van der Waals surface area (Å²) >= 11 is 1.84. The molecule has 0 bridgehead atoms. The van der Waals surface area contributed by atoms with Gasteiger partial charge in [0, 0.05) is 29.7 Å². The Hall–Kier alpha value is -1.00. The third kappa shape index (κ3) is 5.75. The SMILES string of the molecule is CC(C)Sc1ccc(CNC(=O)CCN)cc1. The average Bonchev–Trinajstić information content (AvgIpc) is 2.28. The molecule has 0 aromatic heterocycles. The van der Waals surface area contributed by atoms with Crippen LogP contribution in [0.3, 0.4) is 0 Å². The minimum absolute atomic E-state index is 0.00753. The quantitative estimate of drug-likeness (QED) is 0.763. The highest BCUT2D eigenvalue weighted by atomic mass is 32.2. The van der Waals surface area contributed by atoms with Gasteiger partial charge in [0.2, 0.25) is 5.91 Å². The maximum absolute atomic E-state index is 11.2. The van der Waals surface area contributed by atoms with Crippen molar-refractivity contribution in [3.8, 4) is 0 Å². The topological polar surface area (TPSA) is 55.1 Å². The molecule has 1 amide bonds. The fourth-order valence-electron chi connectivity index (χ4n) is 1.38. The molecule has 1 rings (SSSR count). The first-order chi connectivity index (χ1) is 8.11.